The average molecular weight is 322 g/mol. The summed E-state index contributed by atoms with van der Waals surface area (Å²) in [6, 6.07) is 4.71. The topological polar surface area (TPSA) is 76.7 Å². The van der Waals surface area contributed by atoms with Crippen LogP contribution in [0, 0.1) is 5.92 Å². The molecule has 2 amide bonds. The molecule has 6 nitrogen and oxygen atoms in total. The van der Waals surface area contributed by atoms with E-state index in [-0.39, 0.29) is 23.8 Å². The molecule has 0 fully saturated rings. The lowest BCUT2D eigenvalue weighted by Crippen LogP contribution is -2.49. The summed E-state index contributed by atoms with van der Waals surface area (Å²) >= 11 is 0. The van der Waals surface area contributed by atoms with Crippen molar-refractivity contribution < 1.29 is 19.1 Å². The standard InChI is InChI=1S/C17H26N2O4/c1-10(2)16(19-12(4)20)17(21)18-11(3)13-7-8-14(22-5)15(9-13)23-6/h7-11,16H,1-6H3,(H,18,21)(H,19,20). The van der Waals surface area contributed by atoms with Gasteiger partial charge in [0.1, 0.15) is 6.04 Å². The number of amides is 2. The zero-order chi connectivity index (χ0) is 17.6. The van der Waals surface area contributed by atoms with Crippen molar-refractivity contribution in [3.8, 4) is 11.5 Å². The van der Waals surface area contributed by atoms with Gasteiger partial charge in [-0.1, -0.05) is 19.9 Å². The summed E-state index contributed by atoms with van der Waals surface area (Å²) in [6.45, 7) is 7.06. The first-order chi connectivity index (χ1) is 10.8. The molecule has 0 saturated heterocycles. The van der Waals surface area contributed by atoms with Gasteiger partial charge < -0.3 is 20.1 Å². The van der Waals surface area contributed by atoms with Gasteiger partial charge in [0.15, 0.2) is 11.5 Å². The quantitative estimate of drug-likeness (QED) is 0.805. The third kappa shape index (κ3) is 5.16. The minimum atomic E-state index is -0.560. The summed E-state index contributed by atoms with van der Waals surface area (Å²) < 4.78 is 10.5. The first-order valence-electron chi connectivity index (χ1n) is 7.59. The molecular weight excluding hydrogens is 296 g/mol. The van der Waals surface area contributed by atoms with E-state index in [0.29, 0.717) is 11.5 Å². The van der Waals surface area contributed by atoms with Crippen LogP contribution in [0.15, 0.2) is 18.2 Å². The van der Waals surface area contributed by atoms with Crippen molar-refractivity contribution in [3.05, 3.63) is 23.8 Å². The molecule has 1 aromatic rings. The third-order valence-corrected chi connectivity index (χ3v) is 3.57. The van der Waals surface area contributed by atoms with E-state index in [2.05, 4.69) is 10.6 Å². The Morgan fingerprint density at radius 1 is 1.00 bits per heavy atom. The van der Waals surface area contributed by atoms with E-state index >= 15 is 0 Å². The number of hydrogen-bond donors (Lipinski definition) is 2. The highest BCUT2D eigenvalue weighted by Gasteiger charge is 2.24. The first kappa shape index (κ1) is 18.8. The van der Waals surface area contributed by atoms with Crippen molar-refractivity contribution >= 4 is 11.8 Å². The zero-order valence-corrected chi connectivity index (χ0v) is 14.6. The van der Waals surface area contributed by atoms with E-state index in [4.69, 9.17) is 9.47 Å². The maximum atomic E-state index is 12.4. The van der Waals surface area contributed by atoms with Crippen molar-refractivity contribution in [1.29, 1.82) is 0 Å². The molecule has 0 bridgehead atoms. The summed E-state index contributed by atoms with van der Waals surface area (Å²) in [5.41, 5.74) is 0.890. The first-order valence-corrected chi connectivity index (χ1v) is 7.59. The Bertz CT molecular complexity index is 558. The third-order valence-electron chi connectivity index (χ3n) is 3.57. The molecule has 6 heteroatoms. The number of rotatable bonds is 7. The lowest BCUT2D eigenvalue weighted by atomic mass is 10.0. The monoisotopic (exact) mass is 322 g/mol. The van der Waals surface area contributed by atoms with E-state index in [1.807, 2.05) is 32.9 Å². The van der Waals surface area contributed by atoms with Crippen molar-refractivity contribution in [2.75, 3.05) is 14.2 Å². The summed E-state index contributed by atoms with van der Waals surface area (Å²) in [5, 5.41) is 5.60. The Morgan fingerprint density at radius 2 is 1.61 bits per heavy atom. The fraction of sp³-hybridized carbons (Fsp3) is 0.529. The second kappa shape index (κ2) is 8.41. The van der Waals surface area contributed by atoms with Crippen LogP contribution in [0.2, 0.25) is 0 Å². The predicted octanol–water partition coefficient (Wildman–Crippen LogP) is 2.04. The van der Waals surface area contributed by atoms with E-state index in [0.717, 1.165) is 5.56 Å². The van der Waals surface area contributed by atoms with Crippen molar-refractivity contribution in [3.63, 3.8) is 0 Å². The van der Waals surface area contributed by atoms with Gasteiger partial charge in [-0.25, -0.2) is 0 Å². The number of carbonyl (C=O) groups is 2. The van der Waals surface area contributed by atoms with E-state index in [9.17, 15) is 9.59 Å². The fourth-order valence-electron chi connectivity index (χ4n) is 2.26. The SMILES string of the molecule is COc1ccc(C(C)NC(=O)C(NC(C)=O)C(C)C)cc1OC. The van der Waals surface area contributed by atoms with Crippen LogP contribution < -0.4 is 20.1 Å². The Labute approximate surface area is 137 Å². The van der Waals surface area contributed by atoms with Crippen LogP contribution in [0.5, 0.6) is 11.5 Å². The van der Waals surface area contributed by atoms with Gasteiger partial charge in [0.25, 0.3) is 0 Å². The number of nitrogens with one attached hydrogen (secondary N) is 2. The number of methoxy groups -OCH3 is 2. The Morgan fingerprint density at radius 3 is 2.09 bits per heavy atom. The summed E-state index contributed by atoms with van der Waals surface area (Å²) in [5.74, 6) is 0.799. The highest BCUT2D eigenvalue weighted by atomic mass is 16.5. The second-order valence-electron chi connectivity index (χ2n) is 5.77. The summed E-state index contributed by atoms with van der Waals surface area (Å²) in [6.07, 6.45) is 0. The average Bonchev–Trinajstić information content (AvgIpc) is 2.51. The van der Waals surface area contributed by atoms with Crippen molar-refractivity contribution in [2.24, 2.45) is 5.92 Å². The van der Waals surface area contributed by atoms with Crippen LogP contribution in [0.3, 0.4) is 0 Å². The van der Waals surface area contributed by atoms with E-state index in [1.165, 1.54) is 6.92 Å². The molecule has 0 aliphatic heterocycles. The van der Waals surface area contributed by atoms with Gasteiger partial charge in [-0.2, -0.15) is 0 Å². The maximum Gasteiger partial charge on any atom is 0.243 e. The van der Waals surface area contributed by atoms with Crippen molar-refractivity contribution in [1.82, 2.24) is 10.6 Å². The molecule has 1 rings (SSSR count). The number of ether oxygens (including phenoxy) is 2. The molecule has 23 heavy (non-hydrogen) atoms. The molecule has 2 unspecified atom stereocenters. The largest absolute Gasteiger partial charge is 0.493 e. The Hall–Kier alpha value is -2.24. The van der Waals surface area contributed by atoms with E-state index in [1.54, 1.807) is 20.3 Å². The maximum absolute atomic E-state index is 12.4. The number of hydrogen-bond acceptors (Lipinski definition) is 4. The van der Waals surface area contributed by atoms with Gasteiger partial charge in [-0.3, -0.25) is 9.59 Å². The minimum Gasteiger partial charge on any atom is -0.493 e. The smallest absolute Gasteiger partial charge is 0.243 e. The van der Waals surface area contributed by atoms with Gasteiger partial charge in [0, 0.05) is 6.92 Å². The van der Waals surface area contributed by atoms with Crippen LogP contribution in [0.4, 0.5) is 0 Å². The van der Waals surface area contributed by atoms with Gasteiger partial charge in [0.2, 0.25) is 11.8 Å². The molecule has 0 aromatic heterocycles. The van der Waals surface area contributed by atoms with Gasteiger partial charge >= 0.3 is 0 Å². The lowest BCUT2D eigenvalue weighted by Gasteiger charge is -2.24. The molecule has 0 spiro atoms. The van der Waals surface area contributed by atoms with Crippen LogP contribution in [-0.2, 0) is 9.59 Å². The summed E-state index contributed by atoms with van der Waals surface area (Å²) in [4.78, 5) is 23.7. The lowest BCUT2D eigenvalue weighted by molar-refractivity contribution is -0.129. The normalized spacial score (nSPS) is 13.2. The second-order valence-corrected chi connectivity index (χ2v) is 5.77. The Balaban J connectivity index is 2.87. The highest BCUT2D eigenvalue weighted by molar-refractivity contribution is 5.87. The van der Waals surface area contributed by atoms with Crippen LogP contribution in [-0.4, -0.2) is 32.1 Å². The molecule has 0 aliphatic rings. The van der Waals surface area contributed by atoms with Gasteiger partial charge in [0.05, 0.1) is 20.3 Å². The molecule has 1 aromatic carbocycles. The van der Waals surface area contributed by atoms with Crippen LogP contribution in [0.25, 0.3) is 0 Å². The molecular formula is C17H26N2O4. The molecule has 2 N–H and O–H groups in total. The molecule has 0 saturated carbocycles. The highest BCUT2D eigenvalue weighted by Crippen LogP contribution is 2.29. The van der Waals surface area contributed by atoms with E-state index < -0.39 is 6.04 Å². The Kier molecular flexibility index (Phi) is 6.88. The molecule has 128 valence electrons. The zero-order valence-electron chi connectivity index (χ0n) is 14.6. The summed E-state index contributed by atoms with van der Waals surface area (Å²) in [7, 11) is 3.14. The fourth-order valence-corrected chi connectivity index (χ4v) is 2.26. The van der Waals surface area contributed by atoms with Gasteiger partial charge in [-0.15, -0.1) is 0 Å². The van der Waals surface area contributed by atoms with Crippen LogP contribution >= 0.6 is 0 Å². The molecule has 0 aliphatic carbocycles. The minimum absolute atomic E-state index is 0.00324. The molecule has 0 radical (unpaired) electrons. The number of benzene rings is 1. The van der Waals surface area contributed by atoms with Crippen LogP contribution in [0.1, 0.15) is 39.3 Å². The predicted molar refractivity (Wildman–Crippen MR) is 88.5 cm³/mol. The van der Waals surface area contributed by atoms with Gasteiger partial charge in [-0.05, 0) is 30.5 Å². The molecule has 0 heterocycles. The number of carbonyl (C=O) groups excluding carboxylic acids is 2. The molecule has 2 atom stereocenters. The van der Waals surface area contributed by atoms with Crippen molar-refractivity contribution in [2.45, 2.75) is 39.8 Å².